The van der Waals surface area contributed by atoms with Gasteiger partial charge in [0.1, 0.15) is 11.9 Å². The molecular weight excluding hydrogens is 574 g/mol. The van der Waals surface area contributed by atoms with Crippen LogP contribution in [0.15, 0.2) is 59.5 Å². The Hall–Kier alpha value is -3.21. The second-order valence-electron chi connectivity index (χ2n) is 11.8. The molecule has 2 aromatic rings. The summed E-state index contributed by atoms with van der Waals surface area (Å²) in [4.78, 5) is 13.1. The summed E-state index contributed by atoms with van der Waals surface area (Å²) in [6, 6.07) is 16.6. The fourth-order valence-corrected chi connectivity index (χ4v) is 7.10. The van der Waals surface area contributed by atoms with Crippen molar-refractivity contribution in [3.05, 3.63) is 60.2 Å². The van der Waals surface area contributed by atoms with Crippen LogP contribution in [0, 0.1) is 22.7 Å². The number of methoxy groups -OCH3 is 1. The largest absolute Gasteiger partial charge is 0.497 e. The molecule has 2 N–H and O–H groups in total. The highest BCUT2D eigenvalue weighted by Crippen LogP contribution is 2.33. The molecule has 234 valence electrons. The van der Waals surface area contributed by atoms with Crippen molar-refractivity contribution < 1.29 is 37.3 Å². The van der Waals surface area contributed by atoms with Gasteiger partial charge in [-0.05, 0) is 54.5 Å². The number of aliphatic hydroxyl groups is 1. The Morgan fingerprint density at radius 2 is 1.91 bits per heavy atom. The highest BCUT2D eigenvalue weighted by Gasteiger charge is 2.44. The summed E-state index contributed by atoms with van der Waals surface area (Å²) < 4.78 is 51.1. The summed E-state index contributed by atoms with van der Waals surface area (Å²) in [6.45, 7) is 4.27. The van der Waals surface area contributed by atoms with Gasteiger partial charge in [-0.15, -0.1) is 0 Å². The molecule has 0 spiro atoms. The minimum Gasteiger partial charge on any atom is -0.497 e. The van der Waals surface area contributed by atoms with Gasteiger partial charge in [0.05, 0.1) is 49.4 Å². The van der Waals surface area contributed by atoms with E-state index in [2.05, 4.69) is 11.4 Å². The normalized spacial score (nSPS) is 21.5. The number of nitriles is 1. The van der Waals surface area contributed by atoms with Crippen LogP contribution in [-0.4, -0.2) is 81.9 Å². The minimum atomic E-state index is -4.08. The number of benzene rings is 2. The average molecular weight is 616 g/mol. The van der Waals surface area contributed by atoms with Crippen molar-refractivity contribution in [3.8, 4) is 11.8 Å². The molecule has 43 heavy (non-hydrogen) atoms. The number of hydrogen-bond acceptors (Lipinski definition) is 9. The Balaban J connectivity index is 1.56. The second kappa shape index (κ2) is 14.5. The van der Waals surface area contributed by atoms with Crippen molar-refractivity contribution in [2.24, 2.45) is 11.3 Å². The second-order valence-corrected chi connectivity index (χ2v) is 13.7. The van der Waals surface area contributed by atoms with Gasteiger partial charge < -0.3 is 29.4 Å². The molecule has 2 saturated heterocycles. The lowest BCUT2D eigenvalue weighted by Gasteiger charge is -2.35. The number of amides is 1. The van der Waals surface area contributed by atoms with E-state index in [-0.39, 0.29) is 49.6 Å². The number of fused-ring (bicyclic) bond motifs is 1. The predicted molar refractivity (Wildman–Crippen MR) is 158 cm³/mol. The molecule has 1 unspecified atom stereocenters. The molecule has 1 amide bonds. The molecular formula is C31H41N3O8S. The van der Waals surface area contributed by atoms with Crippen molar-refractivity contribution in [1.29, 1.82) is 5.26 Å². The highest BCUT2D eigenvalue weighted by atomic mass is 32.2. The Bertz CT molecular complexity index is 1350. The molecule has 0 aliphatic carbocycles. The number of ether oxygens (including phenoxy) is 4. The first-order chi connectivity index (χ1) is 20.5. The van der Waals surface area contributed by atoms with Crippen LogP contribution < -0.4 is 10.1 Å². The van der Waals surface area contributed by atoms with E-state index in [0.29, 0.717) is 18.8 Å². The standard InChI is InChI=1S/C31H41N3O8S/c1-31(2,15-7-16-32)21-34(43(37,38)24-12-10-23(39-3)11-13-24)19-27(35)26(18-22-8-5-4-6-9-22)33-30(36)42-28-20-41-29-25(28)14-17-40-29/h4-6,8-13,25-29,35H,7,14-15,17-21H2,1-3H3,(H,33,36)/t25-,26?,27+,28+,29+/m0/s1. The lowest BCUT2D eigenvalue weighted by atomic mass is 9.88. The average Bonchev–Trinajstić information content (AvgIpc) is 3.61. The number of carbonyl (C=O) groups is 1. The predicted octanol–water partition coefficient (Wildman–Crippen LogP) is 3.48. The van der Waals surface area contributed by atoms with Gasteiger partial charge in [-0.25, -0.2) is 13.2 Å². The number of rotatable bonds is 14. The van der Waals surface area contributed by atoms with Crippen molar-refractivity contribution in [1.82, 2.24) is 9.62 Å². The van der Waals surface area contributed by atoms with E-state index < -0.39 is 39.8 Å². The van der Waals surface area contributed by atoms with Crippen LogP contribution in [0.4, 0.5) is 4.79 Å². The quantitative estimate of drug-likeness (QED) is 0.326. The van der Waals surface area contributed by atoms with Crippen molar-refractivity contribution in [3.63, 3.8) is 0 Å². The molecule has 2 aliphatic rings. The Labute approximate surface area is 253 Å². The molecule has 0 saturated carbocycles. The summed E-state index contributed by atoms with van der Waals surface area (Å²) in [7, 11) is -2.59. The third-order valence-corrected chi connectivity index (χ3v) is 9.74. The number of sulfonamides is 1. The van der Waals surface area contributed by atoms with Gasteiger partial charge in [-0.2, -0.15) is 9.57 Å². The first-order valence-corrected chi connectivity index (χ1v) is 15.9. The van der Waals surface area contributed by atoms with E-state index in [4.69, 9.17) is 24.2 Å². The highest BCUT2D eigenvalue weighted by molar-refractivity contribution is 7.89. The Morgan fingerprint density at radius 3 is 2.58 bits per heavy atom. The number of nitrogens with zero attached hydrogens (tertiary/aromatic N) is 2. The zero-order chi connectivity index (χ0) is 31.0. The van der Waals surface area contributed by atoms with Gasteiger partial charge in [-0.3, -0.25) is 0 Å². The fraction of sp³-hybridized carbons (Fsp3) is 0.548. The van der Waals surface area contributed by atoms with Gasteiger partial charge in [0.15, 0.2) is 6.29 Å². The third-order valence-electron chi connectivity index (χ3n) is 7.92. The Morgan fingerprint density at radius 1 is 1.19 bits per heavy atom. The third kappa shape index (κ3) is 8.68. The lowest BCUT2D eigenvalue weighted by molar-refractivity contribution is -0.0907. The first-order valence-electron chi connectivity index (χ1n) is 14.5. The van der Waals surface area contributed by atoms with Gasteiger partial charge in [0, 0.05) is 19.5 Å². The summed E-state index contributed by atoms with van der Waals surface area (Å²) >= 11 is 0. The van der Waals surface area contributed by atoms with E-state index in [9.17, 15) is 18.3 Å². The monoisotopic (exact) mass is 615 g/mol. The van der Waals surface area contributed by atoms with Crippen LogP contribution in [-0.2, 0) is 30.7 Å². The number of alkyl carbamates (subject to hydrolysis) is 1. The summed E-state index contributed by atoms with van der Waals surface area (Å²) in [5.41, 5.74) is 0.276. The van der Waals surface area contributed by atoms with Crippen LogP contribution in [0.3, 0.4) is 0 Å². The molecule has 12 heteroatoms. The molecule has 2 heterocycles. The van der Waals surface area contributed by atoms with E-state index >= 15 is 0 Å². The SMILES string of the molecule is COc1ccc(S(=O)(=O)N(C[C@@H](O)C(Cc2ccccc2)NC(=O)O[C@@H]2CO[C@H]3OCC[C@H]32)CC(C)(C)CCC#N)cc1. The van der Waals surface area contributed by atoms with Gasteiger partial charge in [0.2, 0.25) is 10.0 Å². The maximum atomic E-state index is 13.9. The van der Waals surface area contributed by atoms with Crippen LogP contribution in [0.25, 0.3) is 0 Å². The molecule has 4 rings (SSSR count). The maximum absolute atomic E-state index is 13.9. The van der Waals surface area contributed by atoms with Crippen LogP contribution in [0.5, 0.6) is 5.75 Å². The lowest BCUT2D eigenvalue weighted by Crippen LogP contribution is -2.52. The zero-order valence-corrected chi connectivity index (χ0v) is 25.7. The smallest absolute Gasteiger partial charge is 0.407 e. The number of carbonyl (C=O) groups excluding carboxylic acids is 1. The summed E-state index contributed by atoms with van der Waals surface area (Å²) in [5.74, 6) is 0.456. The van der Waals surface area contributed by atoms with Crippen LogP contribution in [0.2, 0.25) is 0 Å². The number of hydrogen-bond donors (Lipinski definition) is 2. The first kappa shape index (κ1) is 32.7. The van der Waals surface area contributed by atoms with Gasteiger partial charge in [0.25, 0.3) is 0 Å². The van der Waals surface area contributed by atoms with Crippen LogP contribution in [0.1, 0.15) is 38.7 Å². The van der Waals surface area contributed by atoms with E-state index in [1.807, 2.05) is 44.2 Å². The van der Waals surface area contributed by atoms with Crippen LogP contribution >= 0.6 is 0 Å². The van der Waals surface area contributed by atoms with E-state index in [1.165, 1.54) is 23.5 Å². The number of aliphatic hydroxyl groups excluding tert-OH is 1. The summed E-state index contributed by atoms with van der Waals surface area (Å²) in [6.07, 6.45) is -1.20. The van der Waals surface area contributed by atoms with Crippen molar-refractivity contribution >= 4 is 16.1 Å². The molecule has 11 nitrogen and oxygen atoms in total. The topological polar surface area (TPSA) is 147 Å². The maximum Gasteiger partial charge on any atom is 0.407 e. The minimum absolute atomic E-state index is 0.0399. The molecule has 2 aromatic carbocycles. The molecule has 5 atom stereocenters. The fourth-order valence-electron chi connectivity index (χ4n) is 5.45. The molecule has 2 fully saturated rings. The molecule has 0 bridgehead atoms. The van der Waals surface area contributed by atoms with E-state index in [1.54, 1.807) is 12.1 Å². The molecule has 0 aromatic heterocycles. The van der Waals surface area contributed by atoms with Gasteiger partial charge >= 0.3 is 6.09 Å². The summed E-state index contributed by atoms with van der Waals surface area (Å²) in [5, 5.41) is 23.5. The van der Waals surface area contributed by atoms with Crippen molar-refractivity contribution in [2.75, 3.05) is 33.4 Å². The van der Waals surface area contributed by atoms with Crippen molar-refractivity contribution in [2.45, 2.75) is 69.0 Å². The van der Waals surface area contributed by atoms with Gasteiger partial charge in [-0.1, -0.05) is 44.2 Å². The number of nitrogens with one attached hydrogen (secondary N) is 1. The molecule has 2 aliphatic heterocycles. The van der Waals surface area contributed by atoms with E-state index in [0.717, 1.165) is 12.0 Å². The zero-order valence-electron chi connectivity index (χ0n) is 24.8. The molecule has 0 radical (unpaired) electrons. The Kier molecular flexibility index (Phi) is 11.0.